The molecule has 3 nitrogen and oxygen atoms in total. The van der Waals surface area contributed by atoms with E-state index in [1.54, 1.807) is 0 Å². The maximum atomic E-state index is 6.44. The van der Waals surface area contributed by atoms with E-state index in [-0.39, 0.29) is 18.2 Å². The molecule has 0 amide bonds. The number of terminal acetylenes is 1. The minimum absolute atomic E-state index is 0.00347. The molecular weight excluding hydrogens is 224 g/mol. The fraction of sp³-hybridized carbons (Fsp3) is 0.867. The van der Waals surface area contributed by atoms with Gasteiger partial charge in [-0.15, -0.1) is 6.42 Å². The predicted molar refractivity (Wildman–Crippen MR) is 76.2 cm³/mol. The lowest BCUT2D eigenvalue weighted by molar-refractivity contribution is -0.0189. The van der Waals surface area contributed by atoms with Crippen LogP contribution in [0.25, 0.3) is 0 Å². The van der Waals surface area contributed by atoms with E-state index in [1.165, 1.54) is 0 Å². The van der Waals surface area contributed by atoms with Crippen molar-refractivity contribution in [1.82, 2.24) is 4.90 Å². The normalized spacial score (nSPS) is 36.6. The quantitative estimate of drug-likeness (QED) is 0.774. The summed E-state index contributed by atoms with van der Waals surface area (Å²) in [5.74, 6) is 3.85. The smallest absolute Gasteiger partial charge is 0.126 e. The third kappa shape index (κ3) is 2.42. The van der Waals surface area contributed by atoms with E-state index in [9.17, 15) is 0 Å². The van der Waals surface area contributed by atoms with Gasteiger partial charge in [-0.2, -0.15) is 0 Å². The molecule has 0 spiro atoms. The Morgan fingerprint density at radius 2 is 1.89 bits per heavy atom. The molecular formula is C15H28N2O. The lowest BCUT2D eigenvalue weighted by atomic mass is 9.79. The van der Waals surface area contributed by atoms with Crippen molar-refractivity contribution in [2.75, 3.05) is 14.1 Å². The van der Waals surface area contributed by atoms with Gasteiger partial charge in [0.05, 0.1) is 18.2 Å². The molecule has 0 saturated carbocycles. The number of hydrogen-bond donors (Lipinski definition) is 1. The lowest BCUT2D eigenvalue weighted by Crippen LogP contribution is -2.61. The van der Waals surface area contributed by atoms with Gasteiger partial charge in [-0.1, -0.05) is 33.6 Å². The predicted octanol–water partition coefficient (Wildman–Crippen LogP) is 1.72. The summed E-state index contributed by atoms with van der Waals surface area (Å²) in [6.45, 7) is 8.66. The average molecular weight is 252 g/mol. The molecule has 2 N–H and O–H groups in total. The van der Waals surface area contributed by atoms with E-state index in [4.69, 9.17) is 16.9 Å². The van der Waals surface area contributed by atoms with Gasteiger partial charge in [0.15, 0.2) is 0 Å². The van der Waals surface area contributed by atoms with Gasteiger partial charge < -0.3 is 10.5 Å². The molecule has 1 saturated heterocycles. The topological polar surface area (TPSA) is 38.5 Å². The Bertz CT molecular complexity index is 319. The zero-order valence-electron chi connectivity index (χ0n) is 12.6. The Hall–Kier alpha value is -0.560. The molecule has 1 aliphatic rings. The number of nitrogens with two attached hydrogens (primary N) is 1. The van der Waals surface area contributed by atoms with E-state index in [2.05, 4.69) is 38.5 Å². The molecule has 4 atom stereocenters. The Morgan fingerprint density at radius 3 is 2.17 bits per heavy atom. The first-order chi connectivity index (χ1) is 8.27. The second-order valence-electron chi connectivity index (χ2n) is 6.36. The average Bonchev–Trinajstić information content (AvgIpc) is 2.52. The largest absolute Gasteiger partial charge is 0.370 e. The van der Waals surface area contributed by atoms with Crippen molar-refractivity contribution in [3.8, 4) is 12.3 Å². The molecule has 1 fully saturated rings. The van der Waals surface area contributed by atoms with Crippen molar-refractivity contribution < 1.29 is 4.74 Å². The fourth-order valence-corrected chi connectivity index (χ4v) is 3.04. The Balaban J connectivity index is 3.09. The SMILES string of the molecule is C#C[C@@]1(N(C)C)[C@H](N)[C@@H](CC(C)C)O[C@H]1C(C)C. The summed E-state index contributed by atoms with van der Waals surface area (Å²) in [7, 11) is 3.99. The first-order valence-electron chi connectivity index (χ1n) is 6.83. The summed E-state index contributed by atoms with van der Waals surface area (Å²) >= 11 is 0. The van der Waals surface area contributed by atoms with Gasteiger partial charge in [0.1, 0.15) is 5.54 Å². The van der Waals surface area contributed by atoms with E-state index >= 15 is 0 Å². The van der Waals surface area contributed by atoms with Crippen LogP contribution in [0.15, 0.2) is 0 Å². The molecule has 18 heavy (non-hydrogen) atoms. The van der Waals surface area contributed by atoms with Crippen LogP contribution in [-0.4, -0.2) is 42.8 Å². The monoisotopic (exact) mass is 252 g/mol. The first kappa shape index (κ1) is 15.5. The van der Waals surface area contributed by atoms with Gasteiger partial charge >= 0.3 is 0 Å². The molecule has 0 bridgehead atoms. The number of rotatable bonds is 4. The molecule has 1 aliphatic heterocycles. The molecule has 0 unspecified atom stereocenters. The summed E-state index contributed by atoms with van der Waals surface area (Å²) in [5.41, 5.74) is 5.94. The van der Waals surface area contributed by atoms with Crippen LogP contribution in [0, 0.1) is 24.2 Å². The molecule has 1 heterocycles. The summed E-state index contributed by atoms with van der Waals surface area (Å²) in [5, 5.41) is 0. The minimum atomic E-state index is -0.492. The maximum absolute atomic E-state index is 6.44. The second-order valence-corrected chi connectivity index (χ2v) is 6.36. The minimum Gasteiger partial charge on any atom is -0.370 e. The van der Waals surface area contributed by atoms with Crippen molar-refractivity contribution in [3.63, 3.8) is 0 Å². The number of ether oxygens (including phenoxy) is 1. The molecule has 104 valence electrons. The summed E-state index contributed by atoms with van der Waals surface area (Å²) < 4.78 is 6.20. The standard InChI is InChI=1S/C15H28N2O/c1-8-15(17(6)7)13(16)12(9-10(2)3)18-14(15)11(4)5/h1,10-14H,9,16H2,2-7H3/t12-,13-,14+,15-/m1/s1. The Labute approximate surface area is 112 Å². The van der Waals surface area contributed by atoms with Crippen molar-refractivity contribution in [2.24, 2.45) is 17.6 Å². The Morgan fingerprint density at radius 1 is 1.33 bits per heavy atom. The van der Waals surface area contributed by atoms with Crippen molar-refractivity contribution in [3.05, 3.63) is 0 Å². The Kier molecular flexibility index (Phi) is 4.83. The van der Waals surface area contributed by atoms with E-state index in [0.717, 1.165) is 6.42 Å². The van der Waals surface area contributed by atoms with Gasteiger partial charge in [-0.3, -0.25) is 4.90 Å². The van der Waals surface area contributed by atoms with Gasteiger partial charge in [0, 0.05) is 0 Å². The van der Waals surface area contributed by atoms with Gasteiger partial charge in [0.25, 0.3) is 0 Å². The number of likely N-dealkylation sites (N-methyl/N-ethyl adjacent to an activating group) is 1. The van der Waals surface area contributed by atoms with Gasteiger partial charge in [-0.25, -0.2) is 0 Å². The molecule has 0 radical (unpaired) electrons. The third-order valence-electron chi connectivity index (χ3n) is 3.94. The van der Waals surface area contributed by atoms with Crippen LogP contribution >= 0.6 is 0 Å². The zero-order chi connectivity index (χ0) is 14.1. The number of nitrogens with zero attached hydrogens (tertiary/aromatic N) is 1. The third-order valence-corrected chi connectivity index (χ3v) is 3.94. The van der Waals surface area contributed by atoms with Crippen LogP contribution in [0.4, 0.5) is 0 Å². The fourth-order valence-electron chi connectivity index (χ4n) is 3.04. The zero-order valence-corrected chi connectivity index (χ0v) is 12.6. The lowest BCUT2D eigenvalue weighted by Gasteiger charge is -2.40. The van der Waals surface area contributed by atoms with Crippen LogP contribution < -0.4 is 5.73 Å². The van der Waals surface area contributed by atoms with Gasteiger partial charge in [-0.05, 0) is 32.4 Å². The number of hydrogen-bond acceptors (Lipinski definition) is 3. The highest BCUT2D eigenvalue weighted by atomic mass is 16.5. The van der Waals surface area contributed by atoms with Crippen molar-refractivity contribution >= 4 is 0 Å². The second kappa shape index (κ2) is 5.61. The first-order valence-corrected chi connectivity index (χ1v) is 6.83. The highest BCUT2D eigenvalue weighted by Gasteiger charge is 2.56. The summed E-state index contributed by atoms with van der Waals surface area (Å²) in [6.07, 6.45) is 6.84. The molecule has 0 aromatic carbocycles. The van der Waals surface area contributed by atoms with Crippen molar-refractivity contribution in [1.29, 1.82) is 0 Å². The molecule has 0 aromatic rings. The highest BCUT2D eigenvalue weighted by molar-refractivity contribution is 5.27. The van der Waals surface area contributed by atoms with E-state index in [1.807, 2.05) is 14.1 Å². The van der Waals surface area contributed by atoms with Crippen molar-refractivity contribution in [2.45, 2.75) is 57.9 Å². The van der Waals surface area contributed by atoms with E-state index < -0.39 is 5.54 Å². The molecule has 0 aliphatic carbocycles. The summed E-state index contributed by atoms with van der Waals surface area (Å²) in [6, 6.07) is -0.132. The molecule has 1 rings (SSSR count). The van der Waals surface area contributed by atoms with Gasteiger partial charge in [0.2, 0.25) is 0 Å². The summed E-state index contributed by atoms with van der Waals surface area (Å²) in [4.78, 5) is 2.06. The van der Waals surface area contributed by atoms with E-state index in [0.29, 0.717) is 11.8 Å². The van der Waals surface area contributed by atoms with Crippen LogP contribution in [-0.2, 0) is 4.74 Å². The van der Waals surface area contributed by atoms with Crippen LogP contribution in [0.3, 0.4) is 0 Å². The molecule has 0 aromatic heterocycles. The van der Waals surface area contributed by atoms with Crippen LogP contribution in [0.2, 0.25) is 0 Å². The molecule has 3 heteroatoms. The van der Waals surface area contributed by atoms with Crippen LogP contribution in [0.5, 0.6) is 0 Å². The maximum Gasteiger partial charge on any atom is 0.126 e. The van der Waals surface area contributed by atoms with Crippen LogP contribution in [0.1, 0.15) is 34.1 Å². The highest BCUT2D eigenvalue weighted by Crippen LogP contribution is 2.39.